The van der Waals surface area contributed by atoms with Crippen LogP contribution in [0.3, 0.4) is 0 Å². The van der Waals surface area contributed by atoms with Crippen LogP contribution in [0.4, 0.5) is 5.69 Å². The molecule has 2 aromatic carbocycles. The second-order valence-corrected chi connectivity index (χ2v) is 9.72. The van der Waals surface area contributed by atoms with Crippen LogP contribution in [0.2, 0.25) is 10.0 Å². The number of aromatic nitrogens is 1. The van der Waals surface area contributed by atoms with Crippen LogP contribution in [-0.4, -0.2) is 35.3 Å². The fourth-order valence-corrected chi connectivity index (χ4v) is 4.29. The average Bonchev–Trinajstić information content (AvgIpc) is 2.85. The minimum atomic E-state index is -0.799. The van der Waals surface area contributed by atoms with E-state index in [0.29, 0.717) is 41.5 Å². The molecule has 0 aliphatic rings. The van der Waals surface area contributed by atoms with E-state index in [1.807, 2.05) is 55.5 Å². The molecule has 2 atom stereocenters. The molecule has 6 nitrogen and oxygen atoms in total. The molecule has 0 aliphatic heterocycles. The lowest BCUT2D eigenvalue weighted by atomic mass is 9.99. The third-order valence-electron chi connectivity index (χ3n) is 6.17. The zero-order valence-electron chi connectivity index (χ0n) is 20.9. The monoisotopic (exact) mass is 529 g/mol. The Morgan fingerprint density at radius 2 is 1.81 bits per heavy atom. The first kappa shape index (κ1) is 27.8. The first-order chi connectivity index (χ1) is 17.3. The number of pyridine rings is 1. The number of hydrogen-bond acceptors (Lipinski definition) is 5. The highest BCUT2D eigenvalue weighted by Crippen LogP contribution is 2.32. The van der Waals surface area contributed by atoms with Crippen LogP contribution in [0.5, 0.6) is 5.88 Å². The molecule has 0 spiro atoms. The lowest BCUT2D eigenvalue weighted by Gasteiger charge is -2.25. The predicted molar refractivity (Wildman–Crippen MR) is 147 cm³/mol. The number of carboxylic acids is 1. The molecule has 1 aromatic heterocycles. The summed E-state index contributed by atoms with van der Waals surface area (Å²) in [7, 11) is 0. The summed E-state index contributed by atoms with van der Waals surface area (Å²) in [5.41, 5.74) is 4.77. The minimum absolute atomic E-state index is 0.0991. The Balaban J connectivity index is 1.61. The molecule has 0 fully saturated rings. The summed E-state index contributed by atoms with van der Waals surface area (Å²) in [6, 6.07) is 17.5. The molecule has 3 N–H and O–H groups in total. The van der Waals surface area contributed by atoms with Gasteiger partial charge in [-0.25, -0.2) is 4.98 Å². The number of hydrogen-bond donors (Lipinski definition) is 3. The third-order valence-corrected chi connectivity index (χ3v) is 6.72. The molecule has 3 rings (SSSR count). The predicted octanol–water partition coefficient (Wildman–Crippen LogP) is 6.83. The third kappa shape index (κ3) is 8.12. The lowest BCUT2D eigenvalue weighted by Crippen LogP contribution is -2.33. The topological polar surface area (TPSA) is 83.5 Å². The number of carbonyl (C=O) groups is 1. The Morgan fingerprint density at radius 1 is 1.08 bits per heavy atom. The summed E-state index contributed by atoms with van der Waals surface area (Å²) in [6.07, 6.45) is 1.12. The van der Waals surface area contributed by atoms with Gasteiger partial charge in [-0.05, 0) is 48.7 Å². The number of aryl methyl sites for hydroxylation is 1. The zero-order valence-corrected chi connectivity index (χ0v) is 22.4. The molecule has 0 saturated carbocycles. The molecule has 0 amide bonds. The Hall–Kier alpha value is -2.80. The Morgan fingerprint density at radius 3 is 2.44 bits per heavy atom. The van der Waals surface area contributed by atoms with Crippen molar-refractivity contribution in [3.63, 3.8) is 0 Å². The van der Waals surface area contributed by atoms with Crippen molar-refractivity contribution in [1.82, 2.24) is 10.3 Å². The van der Waals surface area contributed by atoms with Crippen molar-refractivity contribution < 1.29 is 14.6 Å². The molecule has 192 valence electrons. The summed E-state index contributed by atoms with van der Waals surface area (Å²) in [5.74, 6) is 0.155. The number of halogens is 2. The van der Waals surface area contributed by atoms with Crippen molar-refractivity contribution in [1.29, 1.82) is 0 Å². The standard InChI is InChI=1S/C28H33Cl2N3O3/c1-4-18(2)26(33-22-8-5-20(6-9-22)16-31-14-13-28(34)35)17-36-27-12-11-23(19(3)32-27)24-10-7-21(29)15-25(24)30/h5-12,15,18,26,31,33H,4,13-14,16-17H2,1-3H3,(H,34,35)/t18-,26+/m0/s1. The number of rotatable bonds is 13. The fraction of sp³-hybridized carbons (Fsp3) is 0.357. The van der Waals surface area contributed by atoms with E-state index in [1.54, 1.807) is 6.07 Å². The van der Waals surface area contributed by atoms with E-state index in [4.69, 9.17) is 33.0 Å². The Labute approximate surface area is 223 Å². The number of aliphatic carboxylic acids is 1. The molecule has 1 heterocycles. The van der Waals surface area contributed by atoms with Crippen molar-refractivity contribution >= 4 is 34.9 Å². The van der Waals surface area contributed by atoms with E-state index in [1.165, 1.54) is 0 Å². The first-order valence-corrected chi connectivity index (χ1v) is 12.9. The highest BCUT2D eigenvalue weighted by Gasteiger charge is 2.18. The molecule has 0 aliphatic carbocycles. The van der Waals surface area contributed by atoms with Crippen molar-refractivity contribution in [2.24, 2.45) is 5.92 Å². The van der Waals surface area contributed by atoms with Crippen LogP contribution in [0, 0.1) is 12.8 Å². The van der Waals surface area contributed by atoms with Gasteiger partial charge in [0.1, 0.15) is 6.61 Å². The minimum Gasteiger partial charge on any atom is -0.481 e. The van der Waals surface area contributed by atoms with Gasteiger partial charge >= 0.3 is 5.97 Å². The van der Waals surface area contributed by atoms with Gasteiger partial charge in [0.2, 0.25) is 5.88 Å². The highest BCUT2D eigenvalue weighted by atomic mass is 35.5. The summed E-state index contributed by atoms with van der Waals surface area (Å²) in [4.78, 5) is 15.3. The van der Waals surface area contributed by atoms with Gasteiger partial charge in [0.15, 0.2) is 0 Å². The van der Waals surface area contributed by atoms with E-state index in [9.17, 15) is 4.79 Å². The summed E-state index contributed by atoms with van der Waals surface area (Å²) >= 11 is 12.4. The number of nitrogens with zero attached hydrogens (tertiary/aromatic N) is 1. The molecule has 0 bridgehead atoms. The van der Waals surface area contributed by atoms with E-state index < -0.39 is 5.97 Å². The van der Waals surface area contributed by atoms with Crippen molar-refractivity contribution in [2.45, 2.75) is 46.2 Å². The molecular weight excluding hydrogens is 497 g/mol. The summed E-state index contributed by atoms with van der Waals surface area (Å²) in [6.45, 7) is 7.86. The quantitative estimate of drug-likeness (QED) is 0.210. The zero-order chi connectivity index (χ0) is 26.1. The van der Waals surface area contributed by atoms with Crippen LogP contribution < -0.4 is 15.4 Å². The molecular formula is C28H33Cl2N3O3. The van der Waals surface area contributed by atoms with Gasteiger partial charge in [0.25, 0.3) is 0 Å². The van der Waals surface area contributed by atoms with E-state index in [-0.39, 0.29) is 12.5 Å². The molecule has 3 aromatic rings. The van der Waals surface area contributed by atoms with Gasteiger partial charge in [0, 0.05) is 51.7 Å². The number of nitrogens with one attached hydrogen (secondary N) is 2. The second kappa shape index (κ2) is 13.5. The van der Waals surface area contributed by atoms with Crippen molar-refractivity contribution in [3.8, 4) is 17.0 Å². The average molecular weight is 530 g/mol. The van der Waals surface area contributed by atoms with Crippen molar-refractivity contribution in [3.05, 3.63) is 75.9 Å². The lowest BCUT2D eigenvalue weighted by molar-refractivity contribution is -0.136. The van der Waals surface area contributed by atoms with Crippen LogP contribution in [0.1, 0.15) is 37.9 Å². The molecule has 0 unspecified atom stereocenters. The maximum absolute atomic E-state index is 10.6. The van der Waals surface area contributed by atoms with Gasteiger partial charge in [-0.1, -0.05) is 61.7 Å². The largest absolute Gasteiger partial charge is 0.481 e. The summed E-state index contributed by atoms with van der Waals surface area (Å²) in [5, 5.41) is 16.7. The maximum Gasteiger partial charge on any atom is 0.304 e. The molecule has 0 saturated heterocycles. The van der Waals surface area contributed by atoms with Crippen LogP contribution in [0.25, 0.3) is 11.1 Å². The maximum atomic E-state index is 10.6. The second-order valence-electron chi connectivity index (χ2n) is 8.87. The van der Waals surface area contributed by atoms with E-state index >= 15 is 0 Å². The van der Waals surface area contributed by atoms with Crippen LogP contribution >= 0.6 is 23.2 Å². The molecule has 0 radical (unpaired) electrons. The Bertz CT molecular complexity index is 1160. The number of anilines is 1. The smallest absolute Gasteiger partial charge is 0.304 e. The van der Waals surface area contributed by atoms with Crippen LogP contribution in [0.15, 0.2) is 54.6 Å². The van der Waals surface area contributed by atoms with Gasteiger partial charge < -0.3 is 20.5 Å². The molecule has 8 heteroatoms. The van der Waals surface area contributed by atoms with Crippen molar-refractivity contribution in [2.75, 3.05) is 18.5 Å². The number of carboxylic acid groups (broad SMARTS) is 1. The van der Waals surface area contributed by atoms with Gasteiger partial charge in [-0.3, -0.25) is 4.79 Å². The number of ether oxygens (including phenoxy) is 1. The Kier molecular flexibility index (Phi) is 10.4. The normalized spacial score (nSPS) is 12.7. The summed E-state index contributed by atoms with van der Waals surface area (Å²) < 4.78 is 6.11. The molecule has 36 heavy (non-hydrogen) atoms. The van der Waals surface area contributed by atoms with E-state index in [0.717, 1.165) is 34.5 Å². The van der Waals surface area contributed by atoms with E-state index in [2.05, 4.69) is 29.5 Å². The van der Waals surface area contributed by atoms with Gasteiger partial charge in [0.05, 0.1) is 12.5 Å². The first-order valence-electron chi connectivity index (χ1n) is 12.1. The highest BCUT2D eigenvalue weighted by molar-refractivity contribution is 6.36. The van der Waals surface area contributed by atoms with Crippen LogP contribution in [-0.2, 0) is 11.3 Å². The SMILES string of the molecule is CC[C@H](C)[C@@H](COc1ccc(-c2ccc(Cl)cc2Cl)c(C)n1)Nc1ccc(CNCCC(=O)O)cc1. The van der Waals surface area contributed by atoms with Gasteiger partial charge in [-0.2, -0.15) is 0 Å². The van der Waals surface area contributed by atoms with Gasteiger partial charge in [-0.15, -0.1) is 0 Å². The number of benzene rings is 2. The fourth-order valence-electron chi connectivity index (χ4n) is 3.78.